The standard InChI is InChI=1S/C38H24N4/c1-39-28-17-19-30(20-18-28)41(31-13-7-10-27(25-31)33-14-5-6-24-40-33)34-22-23-36-38-32(34)21-16-26-9-8-15-35(37(26)38)42(36)29-11-3-2-4-12-29/h2-25H. The van der Waals surface area contributed by atoms with Crippen LogP contribution < -0.4 is 4.90 Å². The van der Waals surface area contributed by atoms with Gasteiger partial charge in [0.15, 0.2) is 5.69 Å². The largest absolute Gasteiger partial charge is 0.310 e. The van der Waals surface area contributed by atoms with Gasteiger partial charge in [0.2, 0.25) is 0 Å². The Morgan fingerprint density at radius 2 is 1.43 bits per heavy atom. The fourth-order valence-electron chi connectivity index (χ4n) is 6.16. The van der Waals surface area contributed by atoms with E-state index in [9.17, 15) is 0 Å². The van der Waals surface area contributed by atoms with Gasteiger partial charge in [0, 0.05) is 45.0 Å². The maximum Gasteiger partial charge on any atom is 0.187 e. The molecule has 0 bridgehead atoms. The average Bonchev–Trinajstić information content (AvgIpc) is 3.41. The summed E-state index contributed by atoms with van der Waals surface area (Å²) in [7, 11) is 0. The summed E-state index contributed by atoms with van der Waals surface area (Å²) >= 11 is 0. The molecule has 42 heavy (non-hydrogen) atoms. The van der Waals surface area contributed by atoms with E-state index in [0.717, 1.165) is 34.0 Å². The zero-order valence-corrected chi connectivity index (χ0v) is 22.6. The molecule has 0 N–H and O–H groups in total. The van der Waals surface area contributed by atoms with E-state index >= 15 is 0 Å². The maximum absolute atomic E-state index is 7.48. The first-order valence-corrected chi connectivity index (χ1v) is 13.9. The van der Waals surface area contributed by atoms with E-state index < -0.39 is 0 Å². The second-order valence-corrected chi connectivity index (χ2v) is 10.4. The highest BCUT2D eigenvalue weighted by molar-refractivity contribution is 6.26. The van der Waals surface area contributed by atoms with Crippen molar-refractivity contribution < 1.29 is 0 Å². The summed E-state index contributed by atoms with van der Waals surface area (Å²) in [6, 6.07) is 48.4. The highest BCUT2D eigenvalue weighted by Crippen LogP contribution is 2.46. The minimum atomic E-state index is 0.619. The minimum Gasteiger partial charge on any atom is -0.310 e. The number of rotatable bonds is 5. The van der Waals surface area contributed by atoms with Gasteiger partial charge in [-0.1, -0.05) is 72.8 Å². The van der Waals surface area contributed by atoms with E-state index in [2.05, 4.69) is 116 Å². The summed E-state index contributed by atoms with van der Waals surface area (Å²) in [5.74, 6) is 0. The quantitative estimate of drug-likeness (QED) is 0.161. The smallest absolute Gasteiger partial charge is 0.187 e. The predicted octanol–water partition coefficient (Wildman–Crippen LogP) is 10.5. The third kappa shape index (κ3) is 3.72. The van der Waals surface area contributed by atoms with Crippen LogP contribution in [0, 0.1) is 6.57 Å². The number of nitrogens with zero attached hydrogens (tertiary/aromatic N) is 4. The van der Waals surface area contributed by atoms with E-state index in [4.69, 9.17) is 6.57 Å². The van der Waals surface area contributed by atoms with Gasteiger partial charge in [0.25, 0.3) is 0 Å². The fraction of sp³-hybridized carbons (Fsp3) is 0. The molecule has 0 amide bonds. The summed E-state index contributed by atoms with van der Waals surface area (Å²) in [4.78, 5) is 10.5. The Morgan fingerprint density at radius 1 is 0.619 bits per heavy atom. The summed E-state index contributed by atoms with van der Waals surface area (Å²) in [5, 5.41) is 4.90. The lowest BCUT2D eigenvalue weighted by Gasteiger charge is -2.27. The number of aromatic nitrogens is 2. The lowest BCUT2D eigenvalue weighted by molar-refractivity contribution is 1.18. The molecule has 0 aliphatic heterocycles. The zero-order chi connectivity index (χ0) is 28.0. The molecular formula is C38H24N4. The maximum atomic E-state index is 7.48. The van der Waals surface area contributed by atoms with Crippen LogP contribution in [0.2, 0.25) is 0 Å². The van der Waals surface area contributed by atoms with Crippen molar-refractivity contribution in [2.75, 3.05) is 4.90 Å². The second-order valence-electron chi connectivity index (χ2n) is 10.4. The normalized spacial score (nSPS) is 11.3. The van der Waals surface area contributed by atoms with Crippen LogP contribution in [0.4, 0.5) is 22.7 Å². The monoisotopic (exact) mass is 536 g/mol. The fourth-order valence-corrected chi connectivity index (χ4v) is 6.16. The lowest BCUT2D eigenvalue weighted by atomic mass is 9.99. The van der Waals surface area contributed by atoms with Crippen molar-refractivity contribution in [3.8, 4) is 16.9 Å². The number of hydrogen-bond acceptors (Lipinski definition) is 2. The Morgan fingerprint density at radius 3 is 2.24 bits per heavy atom. The molecule has 0 radical (unpaired) electrons. The van der Waals surface area contributed by atoms with Crippen molar-refractivity contribution in [2.45, 2.75) is 0 Å². The average molecular weight is 537 g/mol. The van der Waals surface area contributed by atoms with Crippen LogP contribution in [0.3, 0.4) is 0 Å². The number of benzene rings is 6. The topological polar surface area (TPSA) is 25.4 Å². The van der Waals surface area contributed by atoms with Gasteiger partial charge in [-0.05, 0) is 72.1 Å². The third-order valence-corrected chi connectivity index (χ3v) is 7.99. The van der Waals surface area contributed by atoms with Crippen molar-refractivity contribution in [3.05, 3.63) is 157 Å². The molecule has 196 valence electrons. The van der Waals surface area contributed by atoms with Crippen LogP contribution in [-0.4, -0.2) is 9.55 Å². The summed E-state index contributed by atoms with van der Waals surface area (Å²) in [5.41, 5.74) is 9.20. The van der Waals surface area contributed by atoms with E-state index in [1.807, 2.05) is 48.7 Å². The molecule has 6 aromatic carbocycles. The van der Waals surface area contributed by atoms with E-state index in [-0.39, 0.29) is 0 Å². The molecular weight excluding hydrogens is 512 g/mol. The molecule has 0 atom stereocenters. The van der Waals surface area contributed by atoms with Crippen LogP contribution in [0.25, 0.3) is 54.4 Å². The molecule has 0 saturated carbocycles. The molecule has 8 rings (SSSR count). The van der Waals surface area contributed by atoms with E-state index in [0.29, 0.717) is 5.69 Å². The zero-order valence-electron chi connectivity index (χ0n) is 22.6. The number of anilines is 3. The SMILES string of the molecule is [C-]#[N+]c1ccc(N(c2cccc(-c3ccccn3)c2)c2ccc3c4c2ccc2cccc(c24)n3-c2ccccc2)cc1. The number of hydrogen-bond donors (Lipinski definition) is 0. The highest BCUT2D eigenvalue weighted by atomic mass is 15.1. The van der Waals surface area contributed by atoms with Crippen molar-refractivity contribution in [1.29, 1.82) is 0 Å². The third-order valence-electron chi connectivity index (χ3n) is 7.99. The minimum absolute atomic E-state index is 0.619. The van der Waals surface area contributed by atoms with Gasteiger partial charge in [-0.25, -0.2) is 4.85 Å². The first-order valence-electron chi connectivity index (χ1n) is 13.9. The summed E-state index contributed by atoms with van der Waals surface area (Å²) in [6.45, 7) is 7.48. The molecule has 0 fully saturated rings. The van der Waals surface area contributed by atoms with Crippen molar-refractivity contribution in [3.63, 3.8) is 0 Å². The van der Waals surface area contributed by atoms with Crippen molar-refractivity contribution >= 4 is 55.3 Å². The first-order chi connectivity index (χ1) is 20.8. The predicted molar refractivity (Wildman–Crippen MR) is 174 cm³/mol. The molecule has 2 aromatic heterocycles. The molecule has 0 aliphatic carbocycles. The van der Waals surface area contributed by atoms with Crippen LogP contribution in [0.15, 0.2) is 146 Å². The lowest BCUT2D eigenvalue weighted by Crippen LogP contribution is -2.10. The van der Waals surface area contributed by atoms with Gasteiger partial charge in [-0.15, -0.1) is 0 Å². The van der Waals surface area contributed by atoms with Gasteiger partial charge in [0.05, 0.1) is 29.0 Å². The summed E-state index contributed by atoms with van der Waals surface area (Å²) < 4.78 is 2.37. The molecule has 0 unspecified atom stereocenters. The van der Waals surface area contributed by atoms with Crippen molar-refractivity contribution in [1.82, 2.24) is 9.55 Å². The van der Waals surface area contributed by atoms with Crippen LogP contribution in [0.5, 0.6) is 0 Å². The summed E-state index contributed by atoms with van der Waals surface area (Å²) in [6.07, 6.45) is 1.83. The molecule has 0 saturated heterocycles. The Labute approximate surface area is 243 Å². The number of para-hydroxylation sites is 1. The van der Waals surface area contributed by atoms with Crippen LogP contribution in [-0.2, 0) is 0 Å². The second kappa shape index (κ2) is 9.62. The highest BCUT2D eigenvalue weighted by Gasteiger charge is 2.22. The van der Waals surface area contributed by atoms with Gasteiger partial charge < -0.3 is 9.47 Å². The molecule has 2 heterocycles. The Bertz CT molecular complexity index is 2240. The molecule has 0 aliphatic rings. The van der Waals surface area contributed by atoms with Gasteiger partial charge in [-0.2, -0.15) is 0 Å². The van der Waals surface area contributed by atoms with Crippen LogP contribution in [0.1, 0.15) is 0 Å². The molecule has 8 aromatic rings. The molecule has 4 heteroatoms. The van der Waals surface area contributed by atoms with Gasteiger partial charge in [-0.3, -0.25) is 4.98 Å². The number of pyridine rings is 1. The van der Waals surface area contributed by atoms with Crippen molar-refractivity contribution in [2.24, 2.45) is 0 Å². The molecule has 4 nitrogen and oxygen atoms in total. The Balaban J connectivity index is 1.42. The molecule has 0 spiro atoms. The van der Waals surface area contributed by atoms with Crippen LogP contribution >= 0.6 is 0 Å². The van der Waals surface area contributed by atoms with Gasteiger partial charge >= 0.3 is 0 Å². The van der Waals surface area contributed by atoms with E-state index in [1.165, 1.54) is 32.6 Å². The van der Waals surface area contributed by atoms with E-state index in [1.54, 1.807) is 0 Å². The Hall–Kier alpha value is -5.92. The van der Waals surface area contributed by atoms with Gasteiger partial charge in [0.1, 0.15) is 0 Å². The first kappa shape index (κ1) is 23.9. The Kier molecular flexibility index (Phi) is 5.48.